The fourth-order valence-corrected chi connectivity index (χ4v) is 2.44. The van der Waals surface area contributed by atoms with Crippen molar-refractivity contribution in [2.75, 3.05) is 13.2 Å². The number of allylic oxidation sites excluding steroid dienone is 1. The number of rotatable bonds is 1. The predicted octanol–water partition coefficient (Wildman–Crippen LogP) is 2.65. The van der Waals surface area contributed by atoms with Gasteiger partial charge in [0.05, 0.1) is 12.2 Å². The maximum Gasteiger partial charge on any atom is 0.0842 e. The molecule has 3 atom stereocenters. The van der Waals surface area contributed by atoms with Crippen molar-refractivity contribution in [3.63, 3.8) is 0 Å². The Kier molecular flexibility index (Phi) is 5.16. The summed E-state index contributed by atoms with van der Waals surface area (Å²) in [6.45, 7) is 7.91. The summed E-state index contributed by atoms with van der Waals surface area (Å²) in [7, 11) is 0. The number of hydrogen-bond acceptors (Lipinski definition) is 2. The molecule has 1 aliphatic carbocycles. The molecule has 0 radical (unpaired) electrons. The van der Waals surface area contributed by atoms with E-state index in [0.29, 0.717) is 18.1 Å². The molecule has 3 heteroatoms. The van der Waals surface area contributed by atoms with Crippen molar-refractivity contribution in [3.05, 3.63) is 12.2 Å². The molecule has 88 valence electrons. The van der Waals surface area contributed by atoms with Crippen LogP contribution in [0.2, 0.25) is 0 Å². The number of ether oxygens (including phenoxy) is 2. The van der Waals surface area contributed by atoms with E-state index in [-0.39, 0.29) is 13.5 Å². The van der Waals surface area contributed by atoms with E-state index in [9.17, 15) is 0 Å². The second kappa shape index (κ2) is 5.92. The van der Waals surface area contributed by atoms with Crippen molar-refractivity contribution in [1.82, 2.24) is 0 Å². The fourth-order valence-electron chi connectivity index (χ4n) is 2.44. The van der Waals surface area contributed by atoms with Gasteiger partial charge in [-0.25, -0.2) is 0 Å². The van der Waals surface area contributed by atoms with Crippen LogP contribution in [-0.2, 0) is 9.47 Å². The van der Waals surface area contributed by atoms with E-state index >= 15 is 0 Å². The first-order chi connectivity index (χ1) is 6.77. The molecular formula is C12H22O2S. The highest BCUT2D eigenvalue weighted by molar-refractivity contribution is 7.59. The summed E-state index contributed by atoms with van der Waals surface area (Å²) in [6, 6.07) is 0. The number of fused-ring (bicyclic) bond motifs is 1. The van der Waals surface area contributed by atoms with E-state index in [2.05, 4.69) is 13.5 Å². The summed E-state index contributed by atoms with van der Waals surface area (Å²) in [4.78, 5) is 0. The molecule has 2 aliphatic rings. The lowest BCUT2D eigenvalue weighted by Gasteiger charge is -2.34. The second-order valence-electron chi connectivity index (χ2n) is 4.53. The van der Waals surface area contributed by atoms with Crippen molar-refractivity contribution < 1.29 is 9.47 Å². The summed E-state index contributed by atoms with van der Waals surface area (Å²) < 4.78 is 11.6. The Labute approximate surface area is 99.5 Å². The molecule has 0 aromatic rings. The van der Waals surface area contributed by atoms with Crippen LogP contribution >= 0.6 is 13.5 Å². The zero-order valence-electron chi connectivity index (χ0n) is 9.50. The van der Waals surface area contributed by atoms with Crippen LogP contribution in [0.5, 0.6) is 0 Å². The van der Waals surface area contributed by atoms with Gasteiger partial charge in [-0.3, -0.25) is 0 Å². The SMILES string of the molecule is C=C(C)C1CCC2OCCCOC2C1.S. The van der Waals surface area contributed by atoms with Gasteiger partial charge >= 0.3 is 0 Å². The third-order valence-corrected chi connectivity index (χ3v) is 3.38. The first-order valence-electron chi connectivity index (χ1n) is 5.66. The molecule has 15 heavy (non-hydrogen) atoms. The number of hydrogen-bond donors (Lipinski definition) is 0. The molecule has 2 fully saturated rings. The van der Waals surface area contributed by atoms with Gasteiger partial charge in [-0.15, -0.1) is 0 Å². The Hall–Kier alpha value is 0.0100. The van der Waals surface area contributed by atoms with Gasteiger partial charge in [0.1, 0.15) is 0 Å². The maximum absolute atomic E-state index is 5.82. The average molecular weight is 230 g/mol. The van der Waals surface area contributed by atoms with E-state index in [1.807, 2.05) is 0 Å². The molecule has 3 unspecified atom stereocenters. The lowest BCUT2D eigenvalue weighted by Crippen LogP contribution is -2.36. The lowest BCUT2D eigenvalue weighted by molar-refractivity contribution is -0.0665. The molecule has 2 nitrogen and oxygen atoms in total. The molecule has 1 saturated heterocycles. The molecule has 0 spiro atoms. The second-order valence-corrected chi connectivity index (χ2v) is 4.53. The summed E-state index contributed by atoms with van der Waals surface area (Å²) in [5, 5.41) is 0. The molecule has 0 aromatic heterocycles. The Morgan fingerprint density at radius 1 is 1.13 bits per heavy atom. The van der Waals surface area contributed by atoms with Crippen LogP contribution in [0, 0.1) is 5.92 Å². The van der Waals surface area contributed by atoms with E-state index in [1.165, 1.54) is 12.0 Å². The summed E-state index contributed by atoms with van der Waals surface area (Å²) in [6.07, 6.45) is 5.20. The van der Waals surface area contributed by atoms with E-state index < -0.39 is 0 Å². The molecule has 0 N–H and O–H groups in total. The van der Waals surface area contributed by atoms with Gasteiger partial charge < -0.3 is 9.47 Å². The quantitative estimate of drug-likeness (QED) is 0.645. The molecule has 1 heterocycles. The van der Waals surface area contributed by atoms with Gasteiger partial charge in [0.2, 0.25) is 0 Å². The Bertz CT molecular complexity index is 218. The third kappa shape index (κ3) is 3.23. The van der Waals surface area contributed by atoms with Crippen molar-refractivity contribution in [1.29, 1.82) is 0 Å². The van der Waals surface area contributed by atoms with Crippen molar-refractivity contribution in [2.45, 2.75) is 44.8 Å². The summed E-state index contributed by atoms with van der Waals surface area (Å²) in [5.74, 6) is 0.651. The van der Waals surface area contributed by atoms with Crippen LogP contribution in [0.4, 0.5) is 0 Å². The van der Waals surface area contributed by atoms with Crippen LogP contribution in [-0.4, -0.2) is 25.4 Å². The van der Waals surface area contributed by atoms with E-state index in [1.54, 1.807) is 0 Å². The molecule has 1 saturated carbocycles. The highest BCUT2D eigenvalue weighted by atomic mass is 32.1. The normalized spacial score (nSPS) is 35.9. The van der Waals surface area contributed by atoms with Gasteiger partial charge in [0, 0.05) is 13.2 Å². The topological polar surface area (TPSA) is 18.5 Å². The van der Waals surface area contributed by atoms with E-state index in [0.717, 1.165) is 32.5 Å². The molecule has 0 aromatic carbocycles. The minimum absolute atomic E-state index is 0. The van der Waals surface area contributed by atoms with Gasteiger partial charge in [0.15, 0.2) is 0 Å². The van der Waals surface area contributed by atoms with Crippen LogP contribution < -0.4 is 0 Å². The highest BCUT2D eigenvalue weighted by Crippen LogP contribution is 2.33. The van der Waals surface area contributed by atoms with Gasteiger partial charge in [0.25, 0.3) is 0 Å². The summed E-state index contributed by atoms with van der Waals surface area (Å²) >= 11 is 0. The lowest BCUT2D eigenvalue weighted by atomic mass is 9.82. The van der Waals surface area contributed by atoms with Crippen molar-refractivity contribution in [2.24, 2.45) is 5.92 Å². The Morgan fingerprint density at radius 2 is 1.80 bits per heavy atom. The van der Waals surface area contributed by atoms with Gasteiger partial charge in [-0.05, 0) is 38.5 Å². The standard InChI is InChI=1S/C12H20O2.H2S/c1-9(2)10-4-5-11-12(8-10)14-7-3-6-13-11;/h10-12H,1,3-8H2,2H3;1H2. The van der Waals surface area contributed by atoms with Crippen LogP contribution in [0.3, 0.4) is 0 Å². The minimum Gasteiger partial charge on any atom is -0.375 e. The maximum atomic E-state index is 5.82. The van der Waals surface area contributed by atoms with E-state index in [4.69, 9.17) is 9.47 Å². The fraction of sp³-hybridized carbons (Fsp3) is 0.833. The smallest absolute Gasteiger partial charge is 0.0842 e. The Morgan fingerprint density at radius 3 is 2.47 bits per heavy atom. The Balaban J connectivity index is 0.00000112. The summed E-state index contributed by atoms with van der Waals surface area (Å²) in [5.41, 5.74) is 1.30. The molecular weight excluding hydrogens is 208 g/mol. The zero-order chi connectivity index (χ0) is 9.97. The van der Waals surface area contributed by atoms with Crippen molar-refractivity contribution >= 4 is 13.5 Å². The largest absolute Gasteiger partial charge is 0.375 e. The first-order valence-corrected chi connectivity index (χ1v) is 5.66. The molecule has 0 bridgehead atoms. The molecule has 0 amide bonds. The molecule has 2 rings (SSSR count). The van der Waals surface area contributed by atoms with Crippen LogP contribution in [0.1, 0.15) is 32.6 Å². The van der Waals surface area contributed by atoms with Gasteiger partial charge in [-0.1, -0.05) is 12.2 Å². The average Bonchev–Trinajstić information content (AvgIpc) is 2.41. The van der Waals surface area contributed by atoms with Crippen LogP contribution in [0.15, 0.2) is 12.2 Å². The predicted molar refractivity (Wildman–Crippen MR) is 66.6 cm³/mol. The monoisotopic (exact) mass is 230 g/mol. The third-order valence-electron chi connectivity index (χ3n) is 3.38. The van der Waals surface area contributed by atoms with Crippen molar-refractivity contribution in [3.8, 4) is 0 Å². The minimum atomic E-state index is 0. The van der Waals surface area contributed by atoms with Gasteiger partial charge in [-0.2, -0.15) is 13.5 Å². The zero-order valence-corrected chi connectivity index (χ0v) is 10.5. The first kappa shape index (κ1) is 13.1. The molecule has 1 aliphatic heterocycles. The highest BCUT2D eigenvalue weighted by Gasteiger charge is 2.33. The van der Waals surface area contributed by atoms with Crippen LogP contribution in [0.25, 0.3) is 0 Å².